The second kappa shape index (κ2) is 5.75. The Hall–Kier alpha value is -1.33. The minimum absolute atomic E-state index is 0.305. The molecule has 1 aliphatic rings. The van der Waals surface area contributed by atoms with Gasteiger partial charge >= 0.3 is 0 Å². The Balaban J connectivity index is 1.99. The Labute approximate surface area is 117 Å². The van der Waals surface area contributed by atoms with E-state index in [0.29, 0.717) is 17.8 Å². The predicted octanol–water partition coefficient (Wildman–Crippen LogP) is 3.76. The fourth-order valence-corrected chi connectivity index (χ4v) is 2.85. The third kappa shape index (κ3) is 3.58. The summed E-state index contributed by atoms with van der Waals surface area (Å²) in [5.74, 6) is 0.497. The van der Waals surface area contributed by atoms with Crippen molar-refractivity contribution in [2.24, 2.45) is 11.3 Å². The second-order valence-electron chi connectivity index (χ2n) is 6.52. The van der Waals surface area contributed by atoms with Crippen LogP contribution in [0.25, 0.3) is 0 Å². The number of rotatable bonds is 3. The smallest absolute Gasteiger partial charge is 0.0625 e. The average Bonchev–Trinajstić information content (AvgIpc) is 2.37. The van der Waals surface area contributed by atoms with Crippen LogP contribution in [0.3, 0.4) is 0 Å². The summed E-state index contributed by atoms with van der Waals surface area (Å²) < 4.78 is 0. The molecule has 0 saturated carbocycles. The number of piperidine rings is 1. The Morgan fingerprint density at radius 3 is 2.63 bits per heavy atom. The number of hydrogen-bond acceptors (Lipinski definition) is 2. The fraction of sp³-hybridized carbons (Fsp3) is 0.588. The normalized spacial score (nSPS) is 22.9. The number of aryl methyl sites for hydroxylation is 1. The zero-order valence-electron chi connectivity index (χ0n) is 12.3. The standard InChI is InChI=1S/C17H24N2/c1-14-4-6-15(7-5-14)12-19-11-9-17(2,3)16(13-19)8-10-18/h4-7,16H,8-9,11-13H2,1-3H3. The third-order valence-electron chi connectivity index (χ3n) is 4.52. The largest absolute Gasteiger partial charge is 0.299 e. The molecule has 0 spiro atoms. The van der Waals surface area contributed by atoms with Crippen LogP contribution in [-0.4, -0.2) is 18.0 Å². The van der Waals surface area contributed by atoms with Crippen LogP contribution in [0, 0.1) is 29.6 Å². The topological polar surface area (TPSA) is 27.0 Å². The Bertz CT molecular complexity index is 453. The van der Waals surface area contributed by atoms with E-state index >= 15 is 0 Å². The van der Waals surface area contributed by atoms with Crippen LogP contribution in [0.1, 0.15) is 37.8 Å². The van der Waals surface area contributed by atoms with Crippen molar-refractivity contribution in [1.29, 1.82) is 5.26 Å². The second-order valence-corrected chi connectivity index (χ2v) is 6.52. The van der Waals surface area contributed by atoms with Crippen LogP contribution in [0.15, 0.2) is 24.3 Å². The lowest BCUT2D eigenvalue weighted by Crippen LogP contribution is -2.44. The van der Waals surface area contributed by atoms with Gasteiger partial charge in [-0.2, -0.15) is 5.26 Å². The van der Waals surface area contributed by atoms with Crippen molar-refractivity contribution in [3.8, 4) is 6.07 Å². The molecule has 1 aliphatic heterocycles. The first-order chi connectivity index (χ1) is 9.01. The van der Waals surface area contributed by atoms with Crippen molar-refractivity contribution >= 4 is 0 Å². The molecule has 2 heteroatoms. The lowest BCUT2D eigenvalue weighted by molar-refractivity contribution is 0.0582. The van der Waals surface area contributed by atoms with E-state index in [1.165, 1.54) is 17.5 Å². The maximum atomic E-state index is 8.99. The average molecular weight is 256 g/mol. The fourth-order valence-electron chi connectivity index (χ4n) is 2.85. The molecule has 102 valence electrons. The van der Waals surface area contributed by atoms with E-state index in [1.54, 1.807) is 0 Å². The summed E-state index contributed by atoms with van der Waals surface area (Å²) in [5, 5.41) is 8.99. The van der Waals surface area contributed by atoms with E-state index in [0.717, 1.165) is 19.6 Å². The maximum absolute atomic E-state index is 8.99. The van der Waals surface area contributed by atoms with Crippen molar-refractivity contribution in [3.63, 3.8) is 0 Å². The molecule has 1 atom stereocenters. The minimum Gasteiger partial charge on any atom is -0.299 e. The predicted molar refractivity (Wildman–Crippen MR) is 78.6 cm³/mol. The van der Waals surface area contributed by atoms with Gasteiger partial charge < -0.3 is 0 Å². The molecule has 1 aromatic carbocycles. The van der Waals surface area contributed by atoms with Crippen molar-refractivity contribution < 1.29 is 0 Å². The molecule has 0 bridgehead atoms. The highest BCUT2D eigenvalue weighted by Crippen LogP contribution is 2.37. The zero-order valence-corrected chi connectivity index (χ0v) is 12.3. The molecule has 1 unspecified atom stereocenters. The monoisotopic (exact) mass is 256 g/mol. The van der Waals surface area contributed by atoms with Gasteiger partial charge in [-0.3, -0.25) is 4.90 Å². The van der Waals surface area contributed by atoms with E-state index in [9.17, 15) is 0 Å². The van der Waals surface area contributed by atoms with E-state index in [-0.39, 0.29) is 0 Å². The van der Waals surface area contributed by atoms with E-state index in [4.69, 9.17) is 5.26 Å². The van der Waals surface area contributed by atoms with Gasteiger partial charge in [0.1, 0.15) is 0 Å². The maximum Gasteiger partial charge on any atom is 0.0625 e. The van der Waals surface area contributed by atoms with Crippen LogP contribution in [-0.2, 0) is 6.54 Å². The summed E-state index contributed by atoms with van der Waals surface area (Å²) in [6.07, 6.45) is 1.86. The molecule has 0 radical (unpaired) electrons. The first kappa shape index (κ1) is 14.1. The van der Waals surface area contributed by atoms with Crippen LogP contribution in [0.4, 0.5) is 0 Å². The molecule has 1 aromatic rings. The molecule has 0 aliphatic carbocycles. The summed E-state index contributed by atoms with van der Waals surface area (Å²) >= 11 is 0. The molecule has 1 fully saturated rings. The van der Waals surface area contributed by atoms with E-state index in [1.807, 2.05) is 0 Å². The number of benzene rings is 1. The summed E-state index contributed by atoms with van der Waals surface area (Å²) in [6.45, 7) is 9.93. The van der Waals surface area contributed by atoms with Gasteiger partial charge in [-0.05, 0) is 36.8 Å². The number of likely N-dealkylation sites (tertiary alicyclic amines) is 1. The number of nitrogens with zero attached hydrogens (tertiary/aromatic N) is 2. The van der Waals surface area contributed by atoms with Gasteiger partial charge in [-0.15, -0.1) is 0 Å². The SMILES string of the molecule is Cc1ccc(CN2CCC(C)(C)C(CC#N)C2)cc1. The quantitative estimate of drug-likeness (QED) is 0.823. The zero-order chi connectivity index (χ0) is 13.9. The summed E-state index contributed by atoms with van der Waals surface area (Å²) in [4.78, 5) is 2.50. The first-order valence-electron chi connectivity index (χ1n) is 7.16. The molecule has 0 N–H and O–H groups in total. The van der Waals surface area contributed by atoms with Crippen molar-refractivity contribution in [2.45, 2.75) is 40.2 Å². The number of hydrogen-bond donors (Lipinski definition) is 0. The van der Waals surface area contributed by atoms with Gasteiger partial charge in [0.2, 0.25) is 0 Å². The molecule has 2 rings (SSSR count). The number of nitriles is 1. The highest BCUT2D eigenvalue weighted by molar-refractivity contribution is 5.21. The highest BCUT2D eigenvalue weighted by atomic mass is 15.1. The van der Waals surface area contributed by atoms with Crippen LogP contribution in [0.2, 0.25) is 0 Å². The summed E-state index contributed by atoms with van der Waals surface area (Å²) in [7, 11) is 0. The van der Waals surface area contributed by atoms with E-state index < -0.39 is 0 Å². The van der Waals surface area contributed by atoms with Gasteiger partial charge in [0.05, 0.1) is 6.07 Å². The molecule has 0 amide bonds. The summed E-state index contributed by atoms with van der Waals surface area (Å²) in [5.41, 5.74) is 2.99. The van der Waals surface area contributed by atoms with Gasteiger partial charge in [0.15, 0.2) is 0 Å². The first-order valence-corrected chi connectivity index (χ1v) is 7.16. The van der Waals surface area contributed by atoms with Crippen LogP contribution < -0.4 is 0 Å². The summed E-state index contributed by atoms with van der Waals surface area (Å²) in [6, 6.07) is 11.1. The van der Waals surface area contributed by atoms with Crippen molar-refractivity contribution in [2.75, 3.05) is 13.1 Å². The molecule has 2 nitrogen and oxygen atoms in total. The minimum atomic E-state index is 0.305. The molecule has 1 saturated heterocycles. The molecule has 0 aromatic heterocycles. The Morgan fingerprint density at radius 1 is 1.32 bits per heavy atom. The van der Waals surface area contributed by atoms with Gasteiger partial charge in [-0.1, -0.05) is 43.7 Å². The molecule has 1 heterocycles. The molecular weight excluding hydrogens is 232 g/mol. The van der Waals surface area contributed by atoms with E-state index in [2.05, 4.69) is 56.0 Å². The van der Waals surface area contributed by atoms with Gasteiger partial charge in [0, 0.05) is 19.5 Å². The van der Waals surface area contributed by atoms with Gasteiger partial charge in [-0.25, -0.2) is 0 Å². The van der Waals surface area contributed by atoms with Crippen molar-refractivity contribution in [1.82, 2.24) is 4.90 Å². The highest BCUT2D eigenvalue weighted by Gasteiger charge is 2.35. The Morgan fingerprint density at radius 2 is 2.00 bits per heavy atom. The Kier molecular flexibility index (Phi) is 4.27. The van der Waals surface area contributed by atoms with Crippen molar-refractivity contribution in [3.05, 3.63) is 35.4 Å². The van der Waals surface area contributed by atoms with Crippen LogP contribution >= 0.6 is 0 Å². The lowest BCUT2D eigenvalue weighted by atomic mass is 9.72. The molecule has 19 heavy (non-hydrogen) atoms. The molecular formula is C17H24N2. The van der Waals surface area contributed by atoms with Gasteiger partial charge in [0.25, 0.3) is 0 Å². The van der Waals surface area contributed by atoms with Crippen LogP contribution in [0.5, 0.6) is 0 Å². The lowest BCUT2D eigenvalue weighted by Gasteiger charge is -2.43. The third-order valence-corrected chi connectivity index (χ3v) is 4.52.